The van der Waals surface area contributed by atoms with Crippen LogP contribution in [-0.2, 0) is 4.79 Å². The van der Waals surface area contributed by atoms with Gasteiger partial charge in [-0.2, -0.15) is 0 Å². The van der Waals surface area contributed by atoms with Gasteiger partial charge in [0.15, 0.2) is 0 Å². The third-order valence-electron chi connectivity index (χ3n) is 2.16. The van der Waals surface area contributed by atoms with Crippen molar-refractivity contribution in [3.63, 3.8) is 0 Å². The summed E-state index contributed by atoms with van der Waals surface area (Å²) in [6, 6.07) is 4.87. The highest BCUT2D eigenvalue weighted by atomic mass is 79.9. The van der Waals surface area contributed by atoms with Gasteiger partial charge in [0.2, 0.25) is 5.91 Å². The lowest BCUT2D eigenvalue weighted by Crippen LogP contribution is -2.37. The minimum atomic E-state index is -0.323. The predicted molar refractivity (Wildman–Crippen MR) is 74.8 cm³/mol. The molecule has 1 rings (SSSR count). The van der Waals surface area contributed by atoms with E-state index in [1.165, 1.54) is 0 Å². The molecular weight excluding hydrogens is 320 g/mol. The molecule has 0 radical (unpaired) electrons. The summed E-state index contributed by atoms with van der Waals surface area (Å²) in [5, 5.41) is 5.66. The number of hydrogen-bond donors (Lipinski definition) is 2. The van der Waals surface area contributed by atoms with Crippen molar-refractivity contribution in [2.75, 3.05) is 13.1 Å². The standard InChI is InChI=1S/C12H14BrClN2O2/c1-2-5-15-11(17)7-16-12(18)8-3-4-9(13)10(14)6-8/h3-4,6H,2,5,7H2,1H3,(H,15,17)(H,16,18). The molecule has 0 aliphatic carbocycles. The van der Waals surface area contributed by atoms with Gasteiger partial charge in [0.05, 0.1) is 11.6 Å². The molecule has 0 spiro atoms. The van der Waals surface area contributed by atoms with Crippen LogP contribution in [0, 0.1) is 0 Å². The molecule has 0 aliphatic rings. The van der Waals surface area contributed by atoms with Gasteiger partial charge in [0.1, 0.15) is 0 Å². The van der Waals surface area contributed by atoms with Crippen molar-refractivity contribution in [1.82, 2.24) is 10.6 Å². The topological polar surface area (TPSA) is 58.2 Å². The van der Waals surface area contributed by atoms with Crippen molar-refractivity contribution >= 4 is 39.3 Å². The lowest BCUT2D eigenvalue weighted by Gasteiger charge is -2.06. The highest BCUT2D eigenvalue weighted by Gasteiger charge is 2.09. The van der Waals surface area contributed by atoms with Crippen molar-refractivity contribution in [3.05, 3.63) is 33.3 Å². The predicted octanol–water partition coefficient (Wildman–Crippen LogP) is 2.36. The highest BCUT2D eigenvalue weighted by molar-refractivity contribution is 9.10. The zero-order chi connectivity index (χ0) is 13.5. The molecule has 0 atom stereocenters. The Hall–Kier alpha value is -1.07. The zero-order valence-corrected chi connectivity index (χ0v) is 12.3. The van der Waals surface area contributed by atoms with Gasteiger partial charge in [0.25, 0.3) is 5.91 Å². The normalized spacial score (nSPS) is 9.94. The van der Waals surface area contributed by atoms with Crippen molar-refractivity contribution in [3.8, 4) is 0 Å². The summed E-state index contributed by atoms with van der Waals surface area (Å²) >= 11 is 9.12. The molecule has 1 aromatic carbocycles. The van der Waals surface area contributed by atoms with Crippen LogP contribution in [-0.4, -0.2) is 24.9 Å². The van der Waals surface area contributed by atoms with E-state index in [0.717, 1.165) is 10.9 Å². The summed E-state index contributed by atoms with van der Waals surface area (Å²) in [5.41, 5.74) is 0.423. The van der Waals surface area contributed by atoms with Gasteiger partial charge < -0.3 is 10.6 Å². The van der Waals surface area contributed by atoms with Crippen molar-refractivity contribution in [2.24, 2.45) is 0 Å². The third kappa shape index (κ3) is 4.66. The quantitative estimate of drug-likeness (QED) is 0.869. The summed E-state index contributed by atoms with van der Waals surface area (Å²) in [6.07, 6.45) is 0.863. The number of hydrogen-bond acceptors (Lipinski definition) is 2. The number of rotatable bonds is 5. The molecular formula is C12H14BrClN2O2. The molecule has 18 heavy (non-hydrogen) atoms. The zero-order valence-electron chi connectivity index (χ0n) is 9.93. The fourth-order valence-electron chi connectivity index (χ4n) is 1.23. The Balaban J connectivity index is 2.50. The van der Waals surface area contributed by atoms with Gasteiger partial charge in [-0.05, 0) is 40.5 Å². The number of carbonyl (C=O) groups is 2. The first-order valence-electron chi connectivity index (χ1n) is 5.54. The van der Waals surface area contributed by atoms with Crippen LogP contribution in [0.5, 0.6) is 0 Å². The molecule has 6 heteroatoms. The first-order valence-corrected chi connectivity index (χ1v) is 6.71. The summed E-state index contributed by atoms with van der Waals surface area (Å²) < 4.78 is 0.724. The average Bonchev–Trinajstić information content (AvgIpc) is 2.36. The number of carbonyl (C=O) groups excluding carboxylic acids is 2. The molecule has 0 saturated heterocycles. The van der Waals surface area contributed by atoms with E-state index in [0.29, 0.717) is 17.1 Å². The number of halogens is 2. The molecule has 2 N–H and O–H groups in total. The maximum absolute atomic E-state index is 11.7. The smallest absolute Gasteiger partial charge is 0.251 e. The highest BCUT2D eigenvalue weighted by Crippen LogP contribution is 2.22. The van der Waals surface area contributed by atoms with Gasteiger partial charge >= 0.3 is 0 Å². The molecule has 98 valence electrons. The average molecular weight is 334 g/mol. The lowest BCUT2D eigenvalue weighted by atomic mass is 10.2. The van der Waals surface area contributed by atoms with Crippen LogP contribution in [0.4, 0.5) is 0 Å². The Kier molecular flexibility index (Phi) is 6.15. The molecule has 0 fully saturated rings. The van der Waals surface area contributed by atoms with Crippen LogP contribution in [0.3, 0.4) is 0 Å². The minimum absolute atomic E-state index is 0.0352. The van der Waals surface area contributed by atoms with E-state index < -0.39 is 0 Å². The van der Waals surface area contributed by atoms with Gasteiger partial charge in [-0.15, -0.1) is 0 Å². The fraction of sp³-hybridized carbons (Fsp3) is 0.333. The number of benzene rings is 1. The Bertz CT molecular complexity index is 452. The van der Waals surface area contributed by atoms with Crippen LogP contribution < -0.4 is 10.6 Å². The molecule has 0 heterocycles. The molecule has 0 bridgehead atoms. The molecule has 0 aromatic heterocycles. The SMILES string of the molecule is CCCNC(=O)CNC(=O)c1ccc(Br)c(Cl)c1. The Morgan fingerprint density at radius 2 is 2.06 bits per heavy atom. The van der Waals surface area contributed by atoms with Crippen molar-refractivity contribution in [1.29, 1.82) is 0 Å². The molecule has 0 aliphatic heterocycles. The van der Waals surface area contributed by atoms with Gasteiger partial charge in [-0.1, -0.05) is 18.5 Å². The van der Waals surface area contributed by atoms with Crippen LogP contribution in [0.15, 0.2) is 22.7 Å². The lowest BCUT2D eigenvalue weighted by molar-refractivity contribution is -0.120. The molecule has 0 saturated carbocycles. The Morgan fingerprint density at radius 1 is 1.33 bits per heavy atom. The van der Waals surface area contributed by atoms with Crippen LogP contribution in [0.2, 0.25) is 5.02 Å². The van der Waals surface area contributed by atoms with Crippen molar-refractivity contribution < 1.29 is 9.59 Å². The maximum atomic E-state index is 11.7. The maximum Gasteiger partial charge on any atom is 0.251 e. The Labute approximate surface area is 119 Å². The van der Waals surface area contributed by atoms with E-state index in [1.807, 2.05) is 6.92 Å². The van der Waals surface area contributed by atoms with E-state index in [4.69, 9.17) is 11.6 Å². The first-order chi connectivity index (χ1) is 8.54. The second kappa shape index (κ2) is 7.38. The molecule has 0 unspecified atom stereocenters. The van der Waals surface area contributed by atoms with Gasteiger partial charge in [-0.25, -0.2) is 0 Å². The Morgan fingerprint density at radius 3 is 2.67 bits per heavy atom. The number of amides is 2. The van der Waals surface area contributed by atoms with E-state index in [9.17, 15) is 9.59 Å². The summed E-state index contributed by atoms with van der Waals surface area (Å²) in [4.78, 5) is 23.0. The van der Waals surface area contributed by atoms with E-state index >= 15 is 0 Å². The third-order valence-corrected chi connectivity index (χ3v) is 3.40. The van der Waals surface area contributed by atoms with E-state index in [1.54, 1.807) is 18.2 Å². The molecule has 1 aromatic rings. The monoisotopic (exact) mass is 332 g/mol. The first kappa shape index (κ1) is 15.0. The van der Waals surface area contributed by atoms with Gasteiger partial charge in [-0.3, -0.25) is 9.59 Å². The summed E-state index contributed by atoms with van der Waals surface area (Å²) in [7, 11) is 0. The fourth-order valence-corrected chi connectivity index (χ4v) is 1.65. The van der Waals surface area contributed by atoms with Crippen molar-refractivity contribution in [2.45, 2.75) is 13.3 Å². The van der Waals surface area contributed by atoms with Crippen LogP contribution in [0.1, 0.15) is 23.7 Å². The molecule has 2 amide bonds. The second-order valence-corrected chi connectivity index (χ2v) is 4.92. The van der Waals surface area contributed by atoms with E-state index in [2.05, 4.69) is 26.6 Å². The second-order valence-electron chi connectivity index (χ2n) is 3.66. The minimum Gasteiger partial charge on any atom is -0.355 e. The number of nitrogens with one attached hydrogen (secondary N) is 2. The van der Waals surface area contributed by atoms with Gasteiger partial charge in [0, 0.05) is 16.6 Å². The molecule has 4 nitrogen and oxygen atoms in total. The largest absolute Gasteiger partial charge is 0.355 e. The van der Waals surface area contributed by atoms with Crippen LogP contribution >= 0.6 is 27.5 Å². The van der Waals surface area contributed by atoms with E-state index in [-0.39, 0.29) is 18.4 Å². The summed E-state index contributed by atoms with van der Waals surface area (Å²) in [5.74, 6) is -0.524. The van der Waals surface area contributed by atoms with Crippen LogP contribution in [0.25, 0.3) is 0 Å². The summed E-state index contributed by atoms with van der Waals surface area (Å²) in [6.45, 7) is 2.54.